The van der Waals surface area contributed by atoms with Crippen molar-refractivity contribution >= 4 is 27.0 Å². The molecule has 0 aromatic heterocycles. The van der Waals surface area contributed by atoms with Crippen molar-refractivity contribution in [2.45, 2.75) is 91.1 Å². The number of rotatable bonds is 7. The van der Waals surface area contributed by atoms with Gasteiger partial charge >= 0.3 is 41.9 Å². The third-order valence-corrected chi connectivity index (χ3v) is 12.5. The first-order valence-corrected chi connectivity index (χ1v) is 29.0. The molecule has 0 bridgehead atoms. The standard InChI is InChI=1S/C39H35.C21H23.C2H6Si.2ClH.Zr/c1-38(2,3)32-24-22-30(23-25-32)36-21-13-14-31-26-29(27-37(31)36)28-39(33-15-7-4-8-16-33,34-17-9-5-10-18-34)35-19-11-6-12-20-35;1-14-12-19-15(2)6-11-18(20(19)13-14)16-7-9-17(10-8-16)21(3,4)5;1-3-2;;;/h4-27H,28H2,1-3H3;6-13H,1-5H3;1-2H3;2*1H;/q2*-1;;;;+2/p-2. The monoisotopic (exact) mass is 996 g/mol. The van der Waals surface area contributed by atoms with E-state index < -0.39 is 0 Å². The zero-order chi connectivity index (χ0) is 45.6. The molecule has 0 aliphatic carbocycles. The summed E-state index contributed by atoms with van der Waals surface area (Å²) in [4.78, 5) is 0. The van der Waals surface area contributed by atoms with Crippen LogP contribution < -0.4 is 24.8 Å². The Morgan fingerprint density at radius 2 is 0.879 bits per heavy atom. The third-order valence-electron chi connectivity index (χ3n) is 12.5. The van der Waals surface area contributed by atoms with Gasteiger partial charge in [0.15, 0.2) is 0 Å². The molecule has 0 spiro atoms. The van der Waals surface area contributed by atoms with Crippen LogP contribution in [0.1, 0.15) is 86.1 Å². The predicted molar refractivity (Wildman–Crippen MR) is 277 cm³/mol. The SMILES string of the molecule is CC(C)(C)c1ccc(-c2cccc3[cH-]c(CC(c4ccccc4)(c4ccccc4)c4ccccc4)cc23)cc1.C[Si](C)=[Zr+2].Cc1cc2c(-c3ccc(C(C)(C)C)cc3)ccc(C)c2[cH-]1.[Cl-].[Cl-]. The Kier molecular flexibility index (Phi) is 17.9. The van der Waals surface area contributed by atoms with Crippen molar-refractivity contribution in [1.82, 2.24) is 0 Å². The van der Waals surface area contributed by atoms with Gasteiger partial charge in [-0.05, 0) is 56.2 Å². The Balaban J connectivity index is 0.000000255. The summed E-state index contributed by atoms with van der Waals surface area (Å²) in [6, 6.07) is 71.8. The van der Waals surface area contributed by atoms with E-state index in [1.54, 1.807) is 23.3 Å². The Morgan fingerprint density at radius 3 is 1.30 bits per heavy atom. The summed E-state index contributed by atoms with van der Waals surface area (Å²) in [5, 5.41) is 5.37. The molecule has 0 unspecified atom stereocenters. The van der Waals surface area contributed by atoms with Crippen molar-refractivity contribution in [3.05, 3.63) is 239 Å². The molecule has 0 radical (unpaired) electrons. The van der Waals surface area contributed by atoms with Gasteiger partial charge in [0.25, 0.3) is 0 Å². The van der Waals surface area contributed by atoms with Gasteiger partial charge in [0.05, 0.1) is 0 Å². The van der Waals surface area contributed by atoms with Gasteiger partial charge in [0.1, 0.15) is 0 Å². The molecule has 0 nitrogen and oxygen atoms in total. The van der Waals surface area contributed by atoms with E-state index in [-0.39, 0.29) is 46.5 Å². The van der Waals surface area contributed by atoms with E-state index in [0.717, 1.165) is 6.42 Å². The Bertz CT molecular complexity index is 2850. The molecule has 0 saturated carbocycles. The van der Waals surface area contributed by atoms with Crippen molar-refractivity contribution in [3.8, 4) is 22.3 Å². The van der Waals surface area contributed by atoms with Crippen molar-refractivity contribution in [1.29, 1.82) is 0 Å². The number of fused-ring (bicyclic) bond motifs is 2. The first-order chi connectivity index (χ1) is 30.5. The molecule has 0 aliphatic heterocycles. The fraction of sp³-hybridized carbons (Fsp3) is 0.226. The van der Waals surface area contributed by atoms with Gasteiger partial charge in [-0.2, -0.15) is 12.1 Å². The van der Waals surface area contributed by atoms with Crippen molar-refractivity contribution in [2.75, 3.05) is 0 Å². The number of hydrogen-bond donors (Lipinski definition) is 0. The van der Waals surface area contributed by atoms with Crippen LogP contribution in [0, 0.1) is 13.8 Å². The van der Waals surface area contributed by atoms with Crippen LogP contribution in [-0.4, -0.2) is 5.43 Å². The van der Waals surface area contributed by atoms with Gasteiger partial charge in [-0.25, -0.2) is 0 Å². The second kappa shape index (κ2) is 22.5. The minimum Gasteiger partial charge on any atom is -1.00 e. The van der Waals surface area contributed by atoms with E-state index in [4.69, 9.17) is 0 Å². The second-order valence-electron chi connectivity index (χ2n) is 19.8. The number of aryl methyl sites for hydroxylation is 2. The molecule has 0 N–H and O–H groups in total. The van der Waals surface area contributed by atoms with Crippen LogP contribution in [0.25, 0.3) is 43.8 Å². The van der Waals surface area contributed by atoms with Gasteiger partial charge in [-0.1, -0.05) is 218 Å². The van der Waals surface area contributed by atoms with Gasteiger partial charge in [-0.3, -0.25) is 0 Å². The molecule has 0 fully saturated rings. The predicted octanol–water partition coefficient (Wildman–Crippen LogP) is 11.0. The summed E-state index contributed by atoms with van der Waals surface area (Å²) >= 11 is 1.74. The summed E-state index contributed by atoms with van der Waals surface area (Å²) in [5.41, 5.74) is 16.2. The fourth-order valence-corrected chi connectivity index (χ4v) is 9.07. The molecule has 4 heteroatoms. The summed E-state index contributed by atoms with van der Waals surface area (Å²) in [7, 11) is 0. The minimum atomic E-state index is -0.303. The smallest absolute Gasteiger partial charge is 0.0132 e. The van der Waals surface area contributed by atoms with E-state index in [1.807, 2.05) is 0 Å². The quantitative estimate of drug-likeness (QED) is 0.0848. The molecule has 9 aromatic rings. The largest absolute Gasteiger partial charge is 1.00 e. The fourth-order valence-electron chi connectivity index (χ4n) is 9.07. The molecular formula is C62H64Cl2SiZr-2. The minimum absolute atomic E-state index is 0. The van der Waals surface area contributed by atoms with Crippen LogP contribution in [0.5, 0.6) is 0 Å². The normalized spacial score (nSPS) is 11.4. The van der Waals surface area contributed by atoms with Gasteiger partial charge in [0, 0.05) is 5.41 Å². The zero-order valence-corrected chi connectivity index (χ0v) is 45.4. The van der Waals surface area contributed by atoms with Crippen LogP contribution in [-0.2, 0) is 46.0 Å². The maximum Gasteiger partial charge on any atom is -0.0132 e. The number of benzene rings is 7. The topological polar surface area (TPSA) is 0 Å². The van der Waals surface area contributed by atoms with Crippen molar-refractivity contribution < 1.29 is 48.1 Å². The second-order valence-corrected chi connectivity index (χ2v) is 29.2. The van der Waals surface area contributed by atoms with Crippen LogP contribution >= 0.6 is 0 Å². The van der Waals surface area contributed by atoms with Crippen molar-refractivity contribution in [2.24, 2.45) is 0 Å². The first kappa shape index (κ1) is 52.4. The Morgan fingerprint density at radius 1 is 0.455 bits per heavy atom. The van der Waals surface area contributed by atoms with E-state index in [2.05, 4.69) is 263 Å². The van der Waals surface area contributed by atoms with Crippen LogP contribution in [0.2, 0.25) is 13.1 Å². The molecule has 0 atom stereocenters. The zero-order valence-electron chi connectivity index (χ0n) is 40.4. The number of hydrogen-bond acceptors (Lipinski definition) is 0. The molecule has 0 amide bonds. The van der Waals surface area contributed by atoms with Crippen LogP contribution in [0.3, 0.4) is 0 Å². The maximum absolute atomic E-state index is 2.42. The van der Waals surface area contributed by atoms with Gasteiger partial charge in [-0.15, -0.1) is 68.6 Å². The summed E-state index contributed by atoms with van der Waals surface area (Å²) in [6.07, 6.45) is 0.877. The maximum atomic E-state index is 2.42. The molecule has 9 rings (SSSR count). The summed E-state index contributed by atoms with van der Waals surface area (Å²) in [6.45, 7) is 22.6. The molecule has 0 saturated heterocycles. The molecule has 336 valence electrons. The average molecular weight is 999 g/mol. The molecular weight excluding hydrogens is 935 g/mol. The first-order valence-electron chi connectivity index (χ1n) is 22.8. The summed E-state index contributed by atoms with van der Waals surface area (Å²) in [5.74, 6) is 0. The molecule has 0 heterocycles. The molecule has 66 heavy (non-hydrogen) atoms. The Labute approximate surface area is 423 Å². The molecule has 0 aliphatic rings. The Hall–Kier alpha value is -4.56. The van der Waals surface area contributed by atoms with Gasteiger partial charge < -0.3 is 24.8 Å². The van der Waals surface area contributed by atoms with Gasteiger partial charge in [0.2, 0.25) is 0 Å². The van der Waals surface area contributed by atoms with E-state index in [0.29, 0.717) is 0 Å². The van der Waals surface area contributed by atoms with E-state index in [9.17, 15) is 0 Å². The summed E-state index contributed by atoms with van der Waals surface area (Å²) < 4.78 is 0. The van der Waals surface area contributed by atoms with E-state index in [1.165, 1.54) is 88.3 Å². The van der Waals surface area contributed by atoms with Crippen LogP contribution in [0.15, 0.2) is 194 Å². The average Bonchev–Trinajstić information content (AvgIpc) is 3.89. The van der Waals surface area contributed by atoms with Crippen LogP contribution in [0.4, 0.5) is 0 Å². The molecule has 9 aromatic carbocycles. The number of halogens is 2. The van der Waals surface area contributed by atoms with Crippen molar-refractivity contribution in [3.63, 3.8) is 0 Å². The third kappa shape index (κ3) is 12.1. The van der Waals surface area contributed by atoms with E-state index >= 15 is 0 Å².